The van der Waals surface area contributed by atoms with Gasteiger partial charge in [0.05, 0.1) is 0 Å². The van der Waals surface area contributed by atoms with Crippen LogP contribution in [-0.4, -0.2) is 23.1 Å². The molecular formula is C25H40O4. The van der Waals surface area contributed by atoms with Gasteiger partial charge in [0, 0.05) is 44.9 Å². The molecule has 0 aromatic carbocycles. The molecule has 0 rings (SSSR count). The van der Waals surface area contributed by atoms with Crippen molar-refractivity contribution in [1.82, 2.24) is 0 Å². The molecule has 0 amide bonds. The average Bonchev–Trinajstić information content (AvgIpc) is 2.69. The standard InChI is InChI=1S/C25H40O4/c1-3-4-12-15-23(27)16-13-10-8-6-5-7-9-11-14-17-24(28)20-21-25(29)19-18-22(2)26/h5-8H,3-4,9-21H2,1-2H3. The zero-order chi connectivity index (χ0) is 21.7. The van der Waals surface area contributed by atoms with Crippen molar-refractivity contribution in [3.05, 3.63) is 24.3 Å². The number of hydrogen-bond acceptors (Lipinski definition) is 4. The second-order valence-corrected chi connectivity index (χ2v) is 7.77. The Morgan fingerprint density at radius 2 is 1.00 bits per heavy atom. The number of hydrogen-bond donors (Lipinski definition) is 0. The molecule has 0 saturated carbocycles. The van der Waals surface area contributed by atoms with Crippen LogP contribution in [0, 0.1) is 0 Å². The van der Waals surface area contributed by atoms with Gasteiger partial charge in [-0.1, -0.05) is 44.1 Å². The van der Waals surface area contributed by atoms with E-state index >= 15 is 0 Å². The monoisotopic (exact) mass is 404 g/mol. The largest absolute Gasteiger partial charge is 0.300 e. The minimum atomic E-state index is 0.00382. The molecule has 0 bridgehead atoms. The quantitative estimate of drug-likeness (QED) is 0.177. The van der Waals surface area contributed by atoms with Crippen LogP contribution in [0.25, 0.3) is 0 Å². The zero-order valence-electron chi connectivity index (χ0n) is 18.5. The number of rotatable bonds is 20. The number of Topliss-reactive ketones (excluding diaryl/α,β-unsaturated/α-hetero) is 4. The van der Waals surface area contributed by atoms with Crippen LogP contribution in [-0.2, 0) is 19.2 Å². The van der Waals surface area contributed by atoms with E-state index in [0.29, 0.717) is 25.0 Å². The van der Waals surface area contributed by atoms with Gasteiger partial charge in [-0.3, -0.25) is 14.4 Å². The Morgan fingerprint density at radius 3 is 1.59 bits per heavy atom. The van der Waals surface area contributed by atoms with Gasteiger partial charge in [-0.05, 0) is 45.4 Å². The highest BCUT2D eigenvalue weighted by Gasteiger charge is 2.08. The van der Waals surface area contributed by atoms with Gasteiger partial charge in [-0.25, -0.2) is 0 Å². The van der Waals surface area contributed by atoms with E-state index in [4.69, 9.17) is 0 Å². The molecule has 0 fully saturated rings. The van der Waals surface area contributed by atoms with Gasteiger partial charge in [-0.15, -0.1) is 0 Å². The molecule has 0 aliphatic carbocycles. The summed E-state index contributed by atoms with van der Waals surface area (Å²) in [5.41, 5.74) is 0. The van der Waals surface area contributed by atoms with Crippen LogP contribution in [0.2, 0.25) is 0 Å². The van der Waals surface area contributed by atoms with Crippen LogP contribution in [0.3, 0.4) is 0 Å². The predicted molar refractivity (Wildman–Crippen MR) is 119 cm³/mol. The first-order valence-electron chi connectivity index (χ1n) is 11.3. The number of carbonyl (C=O) groups excluding carboxylic acids is 4. The SMILES string of the molecule is CCCCCC(=O)CCCC=CC=CCCCCC(=O)CCC(=O)CCC(C)=O. The number of unbranched alkanes of at least 4 members (excludes halogenated alkanes) is 5. The molecule has 0 unspecified atom stereocenters. The molecule has 0 atom stereocenters. The van der Waals surface area contributed by atoms with E-state index in [1.54, 1.807) is 0 Å². The van der Waals surface area contributed by atoms with E-state index in [-0.39, 0.29) is 36.6 Å². The second-order valence-electron chi connectivity index (χ2n) is 7.77. The Morgan fingerprint density at radius 1 is 0.552 bits per heavy atom. The summed E-state index contributed by atoms with van der Waals surface area (Å²) in [4.78, 5) is 45.8. The van der Waals surface area contributed by atoms with E-state index < -0.39 is 0 Å². The normalized spacial score (nSPS) is 11.4. The van der Waals surface area contributed by atoms with Crippen LogP contribution in [0.5, 0.6) is 0 Å². The third-order valence-electron chi connectivity index (χ3n) is 4.78. The summed E-state index contributed by atoms with van der Waals surface area (Å²) in [7, 11) is 0. The van der Waals surface area contributed by atoms with E-state index in [2.05, 4.69) is 19.1 Å². The van der Waals surface area contributed by atoms with Gasteiger partial charge in [0.1, 0.15) is 23.1 Å². The molecule has 0 aromatic heterocycles. The third-order valence-corrected chi connectivity index (χ3v) is 4.78. The van der Waals surface area contributed by atoms with Crippen molar-refractivity contribution in [2.45, 2.75) is 110 Å². The van der Waals surface area contributed by atoms with Gasteiger partial charge < -0.3 is 4.79 Å². The molecule has 0 heterocycles. The summed E-state index contributed by atoms with van der Waals surface area (Å²) in [6.07, 6.45) is 19.2. The van der Waals surface area contributed by atoms with Crippen molar-refractivity contribution in [3.8, 4) is 0 Å². The van der Waals surface area contributed by atoms with Crippen LogP contribution < -0.4 is 0 Å². The lowest BCUT2D eigenvalue weighted by Crippen LogP contribution is -2.05. The topological polar surface area (TPSA) is 68.3 Å². The first-order chi connectivity index (χ1) is 14.0. The van der Waals surface area contributed by atoms with Crippen molar-refractivity contribution < 1.29 is 19.2 Å². The van der Waals surface area contributed by atoms with Gasteiger partial charge in [0.2, 0.25) is 0 Å². The molecule has 0 aliphatic rings. The highest BCUT2D eigenvalue weighted by atomic mass is 16.1. The zero-order valence-corrected chi connectivity index (χ0v) is 18.5. The predicted octanol–water partition coefficient (Wildman–Crippen LogP) is 6.27. The molecule has 0 aliphatic heterocycles. The summed E-state index contributed by atoms with van der Waals surface area (Å²) < 4.78 is 0. The van der Waals surface area contributed by atoms with E-state index in [9.17, 15) is 19.2 Å². The molecule has 29 heavy (non-hydrogen) atoms. The Bertz CT molecular complexity index is 543. The highest BCUT2D eigenvalue weighted by Crippen LogP contribution is 2.08. The van der Waals surface area contributed by atoms with Crippen molar-refractivity contribution in [3.63, 3.8) is 0 Å². The third kappa shape index (κ3) is 20.7. The summed E-state index contributed by atoms with van der Waals surface area (Å²) in [6, 6.07) is 0. The summed E-state index contributed by atoms with van der Waals surface area (Å²) in [5, 5.41) is 0. The maximum Gasteiger partial charge on any atom is 0.133 e. The van der Waals surface area contributed by atoms with Crippen molar-refractivity contribution >= 4 is 23.1 Å². The Hall–Kier alpha value is -1.84. The maximum atomic E-state index is 11.8. The lowest BCUT2D eigenvalue weighted by atomic mass is 10.0. The molecule has 164 valence electrons. The van der Waals surface area contributed by atoms with Gasteiger partial charge in [0.25, 0.3) is 0 Å². The molecule has 0 saturated heterocycles. The van der Waals surface area contributed by atoms with Crippen LogP contribution in [0.15, 0.2) is 24.3 Å². The molecule has 4 heteroatoms. The second kappa shape index (κ2) is 19.5. The van der Waals surface area contributed by atoms with Crippen molar-refractivity contribution in [1.29, 1.82) is 0 Å². The van der Waals surface area contributed by atoms with Crippen LogP contribution in [0.1, 0.15) is 110 Å². The molecule has 0 radical (unpaired) electrons. The van der Waals surface area contributed by atoms with E-state index in [1.807, 2.05) is 12.2 Å². The number of carbonyl (C=O) groups is 4. The minimum Gasteiger partial charge on any atom is -0.300 e. The number of allylic oxidation sites excluding steroid dienone is 4. The molecule has 0 aromatic rings. The number of ketones is 4. The smallest absolute Gasteiger partial charge is 0.133 e. The lowest BCUT2D eigenvalue weighted by Gasteiger charge is -2.00. The first kappa shape index (κ1) is 27.2. The first-order valence-corrected chi connectivity index (χ1v) is 11.3. The summed E-state index contributed by atoms with van der Waals surface area (Å²) in [5.74, 6) is 0.538. The summed E-state index contributed by atoms with van der Waals surface area (Å²) in [6.45, 7) is 3.62. The Balaban J connectivity index is 3.55. The van der Waals surface area contributed by atoms with Gasteiger partial charge in [-0.2, -0.15) is 0 Å². The Labute approximate surface area is 177 Å². The summed E-state index contributed by atoms with van der Waals surface area (Å²) >= 11 is 0. The molecule has 4 nitrogen and oxygen atoms in total. The molecule has 0 spiro atoms. The van der Waals surface area contributed by atoms with E-state index in [0.717, 1.165) is 57.8 Å². The minimum absolute atomic E-state index is 0.00382. The fourth-order valence-corrected chi connectivity index (χ4v) is 2.89. The Kier molecular flexibility index (Phi) is 18.2. The fraction of sp³-hybridized carbons (Fsp3) is 0.680. The van der Waals surface area contributed by atoms with Crippen molar-refractivity contribution in [2.75, 3.05) is 0 Å². The highest BCUT2D eigenvalue weighted by molar-refractivity contribution is 5.88. The lowest BCUT2D eigenvalue weighted by molar-refractivity contribution is -0.125. The maximum absolute atomic E-state index is 11.8. The molecular weight excluding hydrogens is 364 g/mol. The van der Waals surface area contributed by atoms with Crippen molar-refractivity contribution in [2.24, 2.45) is 0 Å². The fourth-order valence-electron chi connectivity index (χ4n) is 2.89. The van der Waals surface area contributed by atoms with Gasteiger partial charge in [0.15, 0.2) is 0 Å². The van der Waals surface area contributed by atoms with E-state index in [1.165, 1.54) is 6.92 Å². The van der Waals surface area contributed by atoms with Crippen LogP contribution >= 0.6 is 0 Å². The van der Waals surface area contributed by atoms with Gasteiger partial charge >= 0.3 is 0 Å². The average molecular weight is 405 g/mol. The van der Waals surface area contributed by atoms with Crippen LogP contribution in [0.4, 0.5) is 0 Å². The molecule has 0 N–H and O–H groups in total.